The van der Waals surface area contributed by atoms with Crippen LogP contribution in [-0.4, -0.2) is 22.2 Å². The van der Waals surface area contributed by atoms with Crippen LogP contribution in [0.1, 0.15) is 18.1 Å². The molecule has 1 amide bonds. The largest absolute Gasteiger partial charge is 0.421 e. The maximum absolute atomic E-state index is 12.7. The summed E-state index contributed by atoms with van der Waals surface area (Å²) in [6, 6.07) is 16.8. The van der Waals surface area contributed by atoms with Crippen LogP contribution < -0.4 is 4.90 Å². The maximum Gasteiger partial charge on any atom is 0.421 e. The molecule has 2 aromatic rings. The fourth-order valence-corrected chi connectivity index (χ4v) is 2.29. The molecular formula is C18H17N3O2. The number of anilines is 1. The molecule has 0 aliphatic carbocycles. The lowest BCUT2D eigenvalue weighted by Crippen LogP contribution is -2.40. The van der Waals surface area contributed by atoms with E-state index < -0.39 is 17.4 Å². The number of Topliss-reactive ketones (excluding diaryl/α,β-unsaturated/α-hetero) is 1. The smallest absolute Gasteiger partial charge is 0.360 e. The van der Waals surface area contributed by atoms with E-state index in [1.54, 1.807) is 6.07 Å². The Bertz CT molecular complexity index is 778. The van der Waals surface area contributed by atoms with Gasteiger partial charge in [-0.2, -0.15) is 4.79 Å². The normalized spacial score (nSPS) is 9.83. The third-order valence-corrected chi connectivity index (χ3v) is 3.47. The lowest BCUT2D eigenvalue weighted by atomic mass is 10.1. The van der Waals surface area contributed by atoms with E-state index in [4.69, 9.17) is 5.53 Å². The van der Waals surface area contributed by atoms with Gasteiger partial charge in [0, 0.05) is 12.6 Å². The molecule has 0 aliphatic heterocycles. The number of rotatable bonds is 5. The minimum Gasteiger partial charge on any atom is -0.360 e. The molecule has 116 valence electrons. The molecule has 0 fully saturated rings. The van der Waals surface area contributed by atoms with E-state index in [2.05, 4.69) is 4.79 Å². The highest BCUT2D eigenvalue weighted by Gasteiger charge is 2.32. The summed E-state index contributed by atoms with van der Waals surface area (Å²) >= 11 is 0. The SMILES string of the molecule is CC(=O)C(=[N+]=[N-])C(=O)N(Cc1ccccc1)c1ccccc1C. The number of nitrogens with zero attached hydrogens (tertiary/aromatic N) is 3. The Kier molecular flexibility index (Phi) is 5.18. The number of aryl methyl sites for hydroxylation is 1. The highest BCUT2D eigenvalue weighted by atomic mass is 16.2. The van der Waals surface area contributed by atoms with Gasteiger partial charge in [-0.25, -0.2) is 0 Å². The summed E-state index contributed by atoms with van der Waals surface area (Å²) in [5, 5.41) is 0. The minimum absolute atomic E-state index is 0.275. The lowest BCUT2D eigenvalue weighted by Gasteiger charge is -2.22. The molecule has 0 saturated carbocycles. The Labute approximate surface area is 134 Å². The number of benzene rings is 2. The molecule has 0 aliphatic rings. The minimum atomic E-state index is -0.627. The first-order valence-corrected chi connectivity index (χ1v) is 7.19. The molecule has 5 heteroatoms. The highest BCUT2D eigenvalue weighted by molar-refractivity contribution is 6.65. The van der Waals surface area contributed by atoms with E-state index >= 15 is 0 Å². The molecule has 2 aromatic carbocycles. The van der Waals surface area contributed by atoms with Crippen LogP contribution in [0, 0.1) is 6.92 Å². The zero-order valence-electron chi connectivity index (χ0n) is 13.1. The molecule has 0 spiro atoms. The van der Waals surface area contributed by atoms with Crippen LogP contribution in [0.15, 0.2) is 54.6 Å². The molecule has 0 saturated heterocycles. The van der Waals surface area contributed by atoms with Crippen molar-refractivity contribution in [3.63, 3.8) is 0 Å². The topological polar surface area (TPSA) is 73.8 Å². The van der Waals surface area contributed by atoms with Crippen molar-refractivity contribution in [1.29, 1.82) is 0 Å². The number of carbonyl (C=O) groups is 2. The van der Waals surface area contributed by atoms with Crippen LogP contribution in [0.3, 0.4) is 0 Å². The predicted molar refractivity (Wildman–Crippen MR) is 88.1 cm³/mol. The molecule has 0 bridgehead atoms. The van der Waals surface area contributed by atoms with Gasteiger partial charge in [-0.3, -0.25) is 14.5 Å². The van der Waals surface area contributed by atoms with E-state index in [9.17, 15) is 9.59 Å². The van der Waals surface area contributed by atoms with Crippen LogP contribution >= 0.6 is 0 Å². The average molecular weight is 307 g/mol. The first kappa shape index (κ1) is 16.3. The Balaban J connectivity index is 2.48. The highest BCUT2D eigenvalue weighted by Crippen LogP contribution is 2.22. The Morgan fingerprint density at radius 3 is 2.22 bits per heavy atom. The Morgan fingerprint density at radius 2 is 1.65 bits per heavy atom. The van der Waals surface area contributed by atoms with Crippen molar-refractivity contribution in [1.82, 2.24) is 0 Å². The number of amides is 1. The van der Waals surface area contributed by atoms with E-state index in [0.717, 1.165) is 11.1 Å². The van der Waals surface area contributed by atoms with Crippen molar-refractivity contribution >= 4 is 23.1 Å². The molecule has 0 atom stereocenters. The summed E-state index contributed by atoms with van der Waals surface area (Å²) in [6.45, 7) is 3.35. The lowest BCUT2D eigenvalue weighted by molar-refractivity contribution is -0.123. The van der Waals surface area contributed by atoms with E-state index in [0.29, 0.717) is 5.69 Å². The summed E-state index contributed by atoms with van der Waals surface area (Å²) in [5.41, 5.74) is 11.0. The van der Waals surface area contributed by atoms with Crippen molar-refractivity contribution < 1.29 is 14.4 Å². The molecule has 2 rings (SSSR count). The molecule has 5 nitrogen and oxygen atoms in total. The van der Waals surface area contributed by atoms with Gasteiger partial charge in [0.1, 0.15) is 0 Å². The summed E-state index contributed by atoms with van der Waals surface area (Å²) in [7, 11) is 0. The second kappa shape index (κ2) is 7.29. The standard InChI is InChI=1S/C18H17N3O2/c1-13-8-6-7-11-16(13)21(12-15-9-4-3-5-10-15)18(23)17(20-19)14(2)22/h3-11H,12H2,1-2H3. The number of carbonyl (C=O) groups excluding carboxylic acids is 2. The predicted octanol–water partition coefficient (Wildman–Crippen LogP) is 2.79. The first-order chi connectivity index (χ1) is 11.0. The maximum atomic E-state index is 12.7. The molecule has 0 N–H and O–H groups in total. The van der Waals surface area contributed by atoms with Crippen LogP contribution in [0.5, 0.6) is 0 Å². The third-order valence-electron chi connectivity index (χ3n) is 3.47. The second-order valence-corrected chi connectivity index (χ2v) is 5.17. The average Bonchev–Trinajstić information content (AvgIpc) is 2.54. The van der Waals surface area contributed by atoms with E-state index in [1.165, 1.54) is 11.8 Å². The Morgan fingerprint density at radius 1 is 1.04 bits per heavy atom. The van der Waals surface area contributed by atoms with Gasteiger partial charge in [0.25, 0.3) is 0 Å². The summed E-state index contributed by atoms with van der Waals surface area (Å²) in [6.07, 6.45) is 0. The summed E-state index contributed by atoms with van der Waals surface area (Å²) < 4.78 is 0. The van der Waals surface area contributed by atoms with Crippen LogP contribution in [0.4, 0.5) is 5.69 Å². The van der Waals surface area contributed by atoms with Crippen molar-refractivity contribution in [2.75, 3.05) is 4.90 Å². The van der Waals surface area contributed by atoms with Gasteiger partial charge in [0.05, 0.1) is 6.54 Å². The van der Waals surface area contributed by atoms with Gasteiger partial charge in [0.15, 0.2) is 0 Å². The van der Waals surface area contributed by atoms with Gasteiger partial charge >= 0.3 is 11.6 Å². The second-order valence-electron chi connectivity index (χ2n) is 5.17. The molecular weight excluding hydrogens is 290 g/mol. The zero-order chi connectivity index (χ0) is 16.8. The van der Waals surface area contributed by atoms with Gasteiger partial charge in [-0.15, -0.1) is 0 Å². The molecule has 0 heterocycles. The number of para-hydroxylation sites is 1. The molecule has 0 radical (unpaired) electrons. The number of ketones is 1. The molecule has 23 heavy (non-hydrogen) atoms. The zero-order valence-corrected chi connectivity index (χ0v) is 13.1. The van der Waals surface area contributed by atoms with Gasteiger partial charge in [-0.05, 0) is 24.1 Å². The van der Waals surface area contributed by atoms with Gasteiger partial charge in [0.2, 0.25) is 5.78 Å². The van der Waals surface area contributed by atoms with Crippen molar-refractivity contribution in [2.45, 2.75) is 20.4 Å². The van der Waals surface area contributed by atoms with Crippen LogP contribution in [0.25, 0.3) is 5.53 Å². The van der Waals surface area contributed by atoms with Crippen molar-refractivity contribution in [3.05, 3.63) is 71.3 Å². The van der Waals surface area contributed by atoms with Gasteiger partial charge in [-0.1, -0.05) is 48.5 Å². The number of hydrogen-bond acceptors (Lipinski definition) is 2. The summed E-state index contributed by atoms with van der Waals surface area (Å²) in [5.74, 6) is -1.21. The summed E-state index contributed by atoms with van der Waals surface area (Å²) in [4.78, 5) is 28.6. The van der Waals surface area contributed by atoms with Crippen molar-refractivity contribution in [3.8, 4) is 0 Å². The van der Waals surface area contributed by atoms with E-state index in [1.807, 2.05) is 55.5 Å². The quantitative estimate of drug-likeness (QED) is 0.369. The van der Waals surface area contributed by atoms with Crippen LogP contribution in [-0.2, 0) is 16.1 Å². The number of hydrogen-bond donors (Lipinski definition) is 0. The first-order valence-electron chi connectivity index (χ1n) is 7.19. The fraction of sp³-hybridized carbons (Fsp3) is 0.167. The third kappa shape index (κ3) is 3.78. The monoisotopic (exact) mass is 307 g/mol. The fourth-order valence-electron chi connectivity index (χ4n) is 2.29. The van der Waals surface area contributed by atoms with Crippen LogP contribution in [0.2, 0.25) is 0 Å². The van der Waals surface area contributed by atoms with Gasteiger partial charge < -0.3 is 5.53 Å². The van der Waals surface area contributed by atoms with Crippen molar-refractivity contribution in [2.24, 2.45) is 0 Å². The molecule has 0 unspecified atom stereocenters. The Hall–Kier alpha value is -3.04. The molecule has 0 aromatic heterocycles. The van der Waals surface area contributed by atoms with E-state index in [-0.39, 0.29) is 6.54 Å².